The predicted octanol–water partition coefficient (Wildman–Crippen LogP) is 2.69. The van der Waals surface area contributed by atoms with Gasteiger partial charge in [0.1, 0.15) is 10.5 Å². The van der Waals surface area contributed by atoms with Crippen LogP contribution in [0.4, 0.5) is 0 Å². The van der Waals surface area contributed by atoms with Gasteiger partial charge in [0, 0.05) is 19.5 Å². The molecule has 0 aromatic heterocycles. The van der Waals surface area contributed by atoms with E-state index >= 15 is 0 Å². The van der Waals surface area contributed by atoms with Crippen LogP contribution in [0, 0.1) is 0 Å². The van der Waals surface area contributed by atoms with E-state index in [1.165, 1.54) is 43.2 Å². The summed E-state index contributed by atoms with van der Waals surface area (Å²) in [6, 6.07) is 0. The van der Waals surface area contributed by atoms with Crippen LogP contribution in [0.25, 0.3) is 0 Å². The maximum absolute atomic E-state index is 10.1. The van der Waals surface area contributed by atoms with E-state index in [4.69, 9.17) is 10.2 Å². The molecule has 17 heavy (non-hydrogen) atoms. The molecule has 90 valence electrons. The fourth-order valence-corrected chi connectivity index (χ4v) is 4.53. The van der Waals surface area contributed by atoms with Crippen molar-refractivity contribution in [3.05, 3.63) is 23.0 Å². The molecule has 2 aliphatic rings. The molecule has 0 aromatic rings. The van der Waals surface area contributed by atoms with Gasteiger partial charge >= 0.3 is 11.9 Å². The Labute approximate surface area is 127 Å². The minimum Gasteiger partial charge on any atom is -0.480 e. The van der Waals surface area contributed by atoms with Gasteiger partial charge in [-0.15, -0.1) is 0 Å². The van der Waals surface area contributed by atoms with Crippen LogP contribution >= 0.6 is 43.2 Å². The first kappa shape index (κ1) is 17.4. The van der Waals surface area contributed by atoms with Crippen LogP contribution in [0.2, 0.25) is 0 Å². The molecular weight excluding hydrogens is 354 g/mol. The van der Waals surface area contributed by atoms with E-state index in [0.717, 1.165) is 0 Å². The number of hydrogen-bond donors (Lipinski definition) is 2. The molecule has 2 heterocycles. The Kier molecular flexibility index (Phi) is 9.63. The number of rotatable bonds is 2. The van der Waals surface area contributed by atoms with Gasteiger partial charge in [0.2, 0.25) is 0 Å². The summed E-state index contributed by atoms with van der Waals surface area (Å²) in [5, 5.41) is 19.6. The second-order valence-corrected chi connectivity index (χ2v) is 7.20. The SMILES string of the molecule is O=C(O)C1C=CSS1.O=C(O)C1C=CSS1.[Zn]. The number of carbonyl (C=O) groups is 2. The van der Waals surface area contributed by atoms with E-state index in [1.54, 1.807) is 23.0 Å². The van der Waals surface area contributed by atoms with Crippen molar-refractivity contribution in [3.63, 3.8) is 0 Å². The Morgan fingerprint density at radius 3 is 1.35 bits per heavy atom. The molecule has 2 unspecified atom stereocenters. The summed E-state index contributed by atoms with van der Waals surface area (Å²) in [5.74, 6) is -1.51. The van der Waals surface area contributed by atoms with Crippen molar-refractivity contribution in [2.24, 2.45) is 0 Å². The van der Waals surface area contributed by atoms with Crippen molar-refractivity contribution in [3.8, 4) is 0 Å². The summed E-state index contributed by atoms with van der Waals surface area (Å²) >= 11 is 0. The first-order valence-electron chi connectivity index (χ1n) is 4.04. The normalized spacial score (nSPS) is 24.7. The van der Waals surface area contributed by atoms with E-state index < -0.39 is 11.9 Å². The summed E-state index contributed by atoms with van der Waals surface area (Å²) in [5.41, 5.74) is 0. The van der Waals surface area contributed by atoms with Gasteiger partial charge in [0.15, 0.2) is 0 Å². The zero-order chi connectivity index (χ0) is 12.0. The average Bonchev–Trinajstić information content (AvgIpc) is 2.93. The molecular formula is C8H8O4S4Zn. The third-order valence-electron chi connectivity index (χ3n) is 1.42. The second kappa shape index (κ2) is 9.38. The Morgan fingerprint density at radius 2 is 1.24 bits per heavy atom. The third kappa shape index (κ3) is 6.81. The third-order valence-corrected chi connectivity index (χ3v) is 5.89. The molecule has 0 aromatic carbocycles. The molecule has 4 nitrogen and oxygen atoms in total. The van der Waals surface area contributed by atoms with Crippen molar-refractivity contribution in [2.45, 2.75) is 10.5 Å². The van der Waals surface area contributed by atoms with Crippen molar-refractivity contribution in [2.75, 3.05) is 0 Å². The van der Waals surface area contributed by atoms with E-state index in [1.807, 2.05) is 0 Å². The molecule has 0 saturated heterocycles. The molecule has 2 N–H and O–H groups in total. The number of hydrogen-bond acceptors (Lipinski definition) is 6. The van der Waals surface area contributed by atoms with Crippen molar-refractivity contribution >= 4 is 55.1 Å². The molecule has 0 saturated carbocycles. The van der Waals surface area contributed by atoms with Gasteiger partial charge in [-0.1, -0.05) is 55.3 Å². The quantitative estimate of drug-likeness (QED) is 0.574. The molecule has 0 amide bonds. The second-order valence-electron chi connectivity index (χ2n) is 2.56. The van der Waals surface area contributed by atoms with Crippen molar-refractivity contribution in [1.82, 2.24) is 0 Å². The van der Waals surface area contributed by atoms with Crippen molar-refractivity contribution < 1.29 is 39.3 Å². The van der Waals surface area contributed by atoms with Crippen LogP contribution in [0.15, 0.2) is 23.0 Å². The van der Waals surface area contributed by atoms with E-state index in [0.29, 0.717) is 0 Å². The van der Waals surface area contributed by atoms with Crippen LogP contribution < -0.4 is 0 Å². The minimum absolute atomic E-state index is 0. The first-order chi connectivity index (χ1) is 7.61. The van der Waals surface area contributed by atoms with Gasteiger partial charge in [-0.05, 0) is 10.8 Å². The standard InChI is InChI=1S/2C4H4O2S2.Zn/c2*5-4(6)3-1-2-7-8-3;/h2*1-3H,(H,5,6);. The summed E-state index contributed by atoms with van der Waals surface area (Å²) in [4.78, 5) is 20.2. The zero-order valence-electron chi connectivity index (χ0n) is 8.52. The van der Waals surface area contributed by atoms with E-state index in [2.05, 4.69) is 0 Å². The molecule has 0 bridgehead atoms. The summed E-state index contributed by atoms with van der Waals surface area (Å²) in [6.07, 6.45) is 3.36. The maximum atomic E-state index is 10.1. The largest absolute Gasteiger partial charge is 0.480 e. The molecule has 2 atom stereocenters. The zero-order valence-corrected chi connectivity index (χ0v) is 14.7. The van der Waals surface area contributed by atoms with Crippen LogP contribution in [0.3, 0.4) is 0 Å². The summed E-state index contributed by atoms with van der Waals surface area (Å²) in [6.45, 7) is 0. The van der Waals surface area contributed by atoms with Gasteiger partial charge in [0.05, 0.1) is 0 Å². The van der Waals surface area contributed by atoms with Gasteiger partial charge < -0.3 is 10.2 Å². The summed E-state index contributed by atoms with van der Waals surface area (Å²) in [7, 11) is 5.64. The van der Waals surface area contributed by atoms with Gasteiger partial charge in [-0.2, -0.15) is 0 Å². The molecule has 0 radical (unpaired) electrons. The topological polar surface area (TPSA) is 74.6 Å². The maximum Gasteiger partial charge on any atom is 0.321 e. The molecule has 0 fully saturated rings. The van der Waals surface area contributed by atoms with Crippen molar-refractivity contribution in [1.29, 1.82) is 0 Å². The summed E-state index contributed by atoms with van der Waals surface area (Å²) < 4.78 is 0. The van der Waals surface area contributed by atoms with Crippen LogP contribution in [-0.4, -0.2) is 32.7 Å². The molecule has 2 rings (SSSR count). The van der Waals surface area contributed by atoms with Gasteiger partial charge in [-0.25, -0.2) is 0 Å². The fraction of sp³-hybridized carbons (Fsp3) is 0.250. The average molecular weight is 362 g/mol. The minimum atomic E-state index is -0.753. The van der Waals surface area contributed by atoms with Crippen LogP contribution in [0.5, 0.6) is 0 Å². The Hall–Kier alpha value is 0.443. The predicted molar refractivity (Wildman–Crippen MR) is 71.5 cm³/mol. The molecule has 0 spiro atoms. The smallest absolute Gasteiger partial charge is 0.321 e. The number of carboxylic acid groups (broad SMARTS) is 2. The molecule has 0 aliphatic carbocycles. The monoisotopic (exact) mass is 360 g/mol. The van der Waals surface area contributed by atoms with Crippen LogP contribution in [0.1, 0.15) is 0 Å². The molecule has 9 heteroatoms. The number of carboxylic acids is 2. The Balaban J connectivity index is 0.000000284. The van der Waals surface area contributed by atoms with E-state index in [9.17, 15) is 9.59 Å². The Bertz CT molecular complexity index is 301. The Morgan fingerprint density at radius 1 is 0.882 bits per heavy atom. The van der Waals surface area contributed by atoms with E-state index in [-0.39, 0.29) is 30.0 Å². The van der Waals surface area contributed by atoms with Crippen LogP contribution in [-0.2, 0) is 29.1 Å². The van der Waals surface area contributed by atoms with Gasteiger partial charge in [0.25, 0.3) is 0 Å². The van der Waals surface area contributed by atoms with Gasteiger partial charge in [-0.3, -0.25) is 9.59 Å². The number of aliphatic carboxylic acids is 2. The first-order valence-corrected chi connectivity index (χ1v) is 8.59. The fourth-order valence-electron chi connectivity index (χ4n) is 0.702. The molecule has 2 aliphatic heterocycles.